The highest BCUT2D eigenvalue weighted by molar-refractivity contribution is 7.79. The summed E-state index contributed by atoms with van der Waals surface area (Å²) < 4.78 is 36.9. The lowest BCUT2D eigenvalue weighted by Crippen LogP contribution is -2.54. The summed E-state index contributed by atoms with van der Waals surface area (Å²) in [6, 6.07) is 7.96. The van der Waals surface area contributed by atoms with Crippen LogP contribution in [0.1, 0.15) is 24.5 Å². The maximum Gasteiger partial charge on any atom is 0.394 e. The molecule has 0 aliphatic carbocycles. The van der Waals surface area contributed by atoms with E-state index in [1.54, 1.807) is 13.3 Å². The first-order chi connectivity index (χ1) is 13.7. The molecule has 1 aromatic heterocycles. The molecule has 16 heteroatoms. The number of aromatic nitrogens is 1. The molecule has 1 aromatic carbocycles. The Morgan fingerprint density at radius 3 is 2.17 bits per heavy atom. The van der Waals surface area contributed by atoms with Crippen molar-refractivity contribution in [3.8, 4) is 5.75 Å². The van der Waals surface area contributed by atoms with Crippen LogP contribution in [-0.2, 0) is 10.4 Å². The van der Waals surface area contributed by atoms with Crippen LogP contribution in [0.3, 0.4) is 0 Å². The van der Waals surface area contributed by atoms with Crippen LogP contribution in [-0.4, -0.2) is 97.1 Å². The van der Waals surface area contributed by atoms with Crippen LogP contribution in [0.15, 0.2) is 43.1 Å². The highest BCUT2D eigenvalue weighted by Gasteiger charge is 2.42. The molecular weight excluding hydrogens is 508 g/mol. The molecular formula is C20H40N2O13S. The van der Waals surface area contributed by atoms with E-state index < -0.39 is 16.5 Å². The number of nitrogens with zero attached hydrogens (tertiary/aromatic N) is 2. The average molecular weight is 549 g/mol. The first-order valence-corrected chi connectivity index (χ1v) is 10.8. The number of piperidine rings is 3. The monoisotopic (exact) mass is 548 g/mol. The van der Waals surface area contributed by atoms with Gasteiger partial charge in [-0.05, 0) is 61.1 Å². The fraction of sp³-hybridized carbons (Fsp3) is 0.450. The van der Waals surface area contributed by atoms with Crippen molar-refractivity contribution >= 4 is 21.3 Å². The number of benzene rings is 1. The number of fused-ring (bicyclic) bond motifs is 4. The molecule has 0 radical (unpaired) electrons. The molecule has 214 valence electrons. The SMILES string of the molecule is C=C[C@H]1CN2CC[C@H]1C[C@H]2[C@H](O)c1ccnc2ccc(OC)cc12.O.O.O.O.O.O.O.O=S(=O)(O)O. The first-order valence-electron chi connectivity index (χ1n) is 9.38. The van der Waals surface area contributed by atoms with E-state index in [9.17, 15) is 5.11 Å². The molecule has 15 nitrogen and oxygen atoms in total. The van der Waals surface area contributed by atoms with Gasteiger partial charge in [-0.15, -0.1) is 6.58 Å². The van der Waals surface area contributed by atoms with Crippen molar-refractivity contribution in [3.63, 3.8) is 0 Å². The molecule has 0 saturated carbocycles. The standard InChI is InChI=1S/C20H24N2O2.H2O4S.7H2O/c1-3-13-12-22-9-7-14(13)10-19(22)20(23)16-6-8-21-18-5-4-15(24-2)11-17(16)18;1-5(2,3)4;;;;;;;/h3-6,8,11,13-14,19-20,23H,1,7,9-10,12H2,2H3;(H2,1,2,3,4);7*1H2/t13-,14-,19-,20+;;;;;;;;/m0......../s1. The van der Waals surface area contributed by atoms with Gasteiger partial charge >= 0.3 is 10.4 Å². The molecule has 17 N–H and O–H groups in total. The molecule has 3 fully saturated rings. The molecule has 3 aliphatic rings. The number of ether oxygens (including phenoxy) is 1. The smallest absolute Gasteiger partial charge is 0.394 e. The van der Waals surface area contributed by atoms with Crippen molar-refractivity contribution in [1.29, 1.82) is 0 Å². The van der Waals surface area contributed by atoms with Gasteiger partial charge in [0.05, 0.1) is 18.7 Å². The number of methoxy groups -OCH3 is 1. The molecule has 0 spiro atoms. The van der Waals surface area contributed by atoms with Gasteiger partial charge in [-0.25, -0.2) is 0 Å². The van der Waals surface area contributed by atoms with Crippen molar-refractivity contribution in [3.05, 3.63) is 48.7 Å². The molecule has 4 heterocycles. The lowest BCUT2D eigenvalue weighted by molar-refractivity contribution is -0.0444. The van der Waals surface area contributed by atoms with Crippen molar-refractivity contribution < 1.29 is 65.7 Å². The van der Waals surface area contributed by atoms with Crippen LogP contribution in [0, 0.1) is 11.8 Å². The Morgan fingerprint density at radius 2 is 1.69 bits per heavy atom. The second-order valence-electron chi connectivity index (χ2n) is 7.42. The number of hydrogen-bond donors (Lipinski definition) is 3. The molecule has 2 aromatic rings. The summed E-state index contributed by atoms with van der Waals surface area (Å²) in [5.41, 5.74) is 1.85. The molecule has 1 unspecified atom stereocenters. The Balaban J connectivity index is -0.000000246. The van der Waals surface area contributed by atoms with Gasteiger partial charge in [0, 0.05) is 24.2 Å². The van der Waals surface area contributed by atoms with E-state index in [4.69, 9.17) is 22.3 Å². The zero-order chi connectivity index (χ0) is 21.2. The number of aliphatic hydroxyl groups is 1. The molecule has 5 atom stereocenters. The van der Waals surface area contributed by atoms with E-state index >= 15 is 0 Å². The first kappa shape index (κ1) is 43.7. The minimum absolute atomic E-state index is 0. The molecule has 3 saturated heterocycles. The summed E-state index contributed by atoms with van der Waals surface area (Å²) in [6.07, 6.45) is 5.62. The molecule has 36 heavy (non-hydrogen) atoms. The van der Waals surface area contributed by atoms with E-state index in [1.807, 2.05) is 24.3 Å². The summed E-state index contributed by atoms with van der Waals surface area (Å²) in [7, 11) is -3.01. The maximum absolute atomic E-state index is 11.2. The summed E-state index contributed by atoms with van der Waals surface area (Å²) >= 11 is 0. The van der Waals surface area contributed by atoms with E-state index in [1.165, 1.54) is 6.42 Å². The normalized spacial score (nSPS) is 21.8. The fourth-order valence-electron chi connectivity index (χ4n) is 4.44. The summed E-state index contributed by atoms with van der Waals surface area (Å²) in [4.78, 5) is 6.86. The third-order valence-electron chi connectivity index (χ3n) is 5.82. The van der Waals surface area contributed by atoms with E-state index in [-0.39, 0.29) is 44.4 Å². The Morgan fingerprint density at radius 1 is 1.11 bits per heavy atom. The van der Waals surface area contributed by atoms with Crippen molar-refractivity contribution in [2.45, 2.75) is 25.0 Å². The van der Waals surface area contributed by atoms with Crippen molar-refractivity contribution in [1.82, 2.24) is 9.88 Å². The molecule has 2 bridgehead atoms. The minimum atomic E-state index is -4.67. The van der Waals surface area contributed by atoms with E-state index in [0.29, 0.717) is 11.8 Å². The molecule has 0 amide bonds. The number of aliphatic hydroxyl groups excluding tert-OH is 1. The van der Waals surface area contributed by atoms with Gasteiger partial charge in [0.1, 0.15) is 5.75 Å². The van der Waals surface area contributed by atoms with Crippen LogP contribution < -0.4 is 4.74 Å². The van der Waals surface area contributed by atoms with Gasteiger partial charge in [0.2, 0.25) is 0 Å². The van der Waals surface area contributed by atoms with Gasteiger partial charge < -0.3 is 48.2 Å². The second-order valence-corrected chi connectivity index (χ2v) is 8.32. The number of hydrogen-bond acceptors (Lipinski definition) is 6. The Kier molecular flexibility index (Phi) is 21.9. The summed E-state index contributed by atoms with van der Waals surface area (Å²) in [5.74, 6) is 2.01. The quantitative estimate of drug-likeness (QED) is 0.256. The molecule has 5 rings (SSSR count). The Labute approximate surface area is 208 Å². The van der Waals surface area contributed by atoms with E-state index in [2.05, 4.69) is 22.5 Å². The highest BCUT2D eigenvalue weighted by Crippen LogP contribution is 2.42. The summed E-state index contributed by atoms with van der Waals surface area (Å²) in [6.45, 7) is 6.07. The van der Waals surface area contributed by atoms with Crippen molar-refractivity contribution in [2.75, 3.05) is 20.2 Å². The predicted octanol–water partition coefficient (Wildman–Crippen LogP) is -3.25. The van der Waals surface area contributed by atoms with Gasteiger partial charge in [-0.2, -0.15) is 8.42 Å². The number of rotatable bonds is 4. The van der Waals surface area contributed by atoms with Crippen LogP contribution in [0.25, 0.3) is 10.9 Å². The Bertz CT molecular complexity index is 985. The third kappa shape index (κ3) is 10.3. The minimum Gasteiger partial charge on any atom is -0.497 e. The maximum atomic E-state index is 11.2. The zero-order valence-electron chi connectivity index (χ0n) is 19.7. The lowest BCUT2D eigenvalue weighted by Gasteiger charge is -2.50. The highest BCUT2D eigenvalue weighted by atomic mass is 32.3. The van der Waals surface area contributed by atoms with E-state index in [0.717, 1.165) is 41.7 Å². The fourth-order valence-corrected chi connectivity index (χ4v) is 4.44. The summed E-state index contributed by atoms with van der Waals surface area (Å²) in [5, 5.41) is 12.1. The number of pyridine rings is 1. The van der Waals surface area contributed by atoms with Crippen LogP contribution in [0.5, 0.6) is 5.75 Å². The zero-order valence-corrected chi connectivity index (χ0v) is 20.5. The Hall–Kier alpha value is -2.32. The van der Waals surface area contributed by atoms with Crippen LogP contribution in [0.4, 0.5) is 0 Å². The van der Waals surface area contributed by atoms with Gasteiger partial charge in [0.15, 0.2) is 0 Å². The molecule has 3 aliphatic heterocycles. The topological polar surface area (TPSA) is 341 Å². The second kappa shape index (κ2) is 18.0. The van der Waals surface area contributed by atoms with Crippen molar-refractivity contribution in [2.24, 2.45) is 11.8 Å². The van der Waals surface area contributed by atoms with Gasteiger partial charge in [-0.1, -0.05) is 6.08 Å². The third-order valence-corrected chi connectivity index (χ3v) is 5.82. The van der Waals surface area contributed by atoms with Gasteiger partial charge in [-0.3, -0.25) is 19.0 Å². The van der Waals surface area contributed by atoms with Crippen LogP contribution >= 0.6 is 0 Å². The lowest BCUT2D eigenvalue weighted by atomic mass is 9.73. The average Bonchev–Trinajstić information content (AvgIpc) is 2.71. The van der Waals surface area contributed by atoms with Gasteiger partial charge in [0.25, 0.3) is 0 Å². The largest absolute Gasteiger partial charge is 0.497 e. The van der Waals surface area contributed by atoms with Crippen LogP contribution in [0.2, 0.25) is 0 Å². The predicted molar refractivity (Wildman–Crippen MR) is 135 cm³/mol.